The summed E-state index contributed by atoms with van der Waals surface area (Å²) in [5.74, 6) is 1.75. The molecule has 0 amide bonds. The summed E-state index contributed by atoms with van der Waals surface area (Å²) < 4.78 is 2.26. The van der Waals surface area contributed by atoms with Crippen LogP contribution >= 0.6 is 0 Å². The average molecular weight is 271 g/mol. The standard InChI is InChI=1S/C17H25N3/c1-3-5-7-14(4-2)13-20-11-10-19-17(20)15-8-6-9-16(18)12-15/h6,8-12,14H,3-5,7,13,18H2,1-2H3. The molecule has 0 fully saturated rings. The second-order valence-corrected chi connectivity index (χ2v) is 5.45. The van der Waals surface area contributed by atoms with Crippen LogP contribution in [0, 0.1) is 5.92 Å². The molecule has 1 aromatic carbocycles. The summed E-state index contributed by atoms with van der Waals surface area (Å²) in [6.07, 6.45) is 9.04. The van der Waals surface area contributed by atoms with Crippen LogP contribution in [0.5, 0.6) is 0 Å². The molecule has 3 nitrogen and oxygen atoms in total. The van der Waals surface area contributed by atoms with Crippen LogP contribution in [0.3, 0.4) is 0 Å². The highest BCUT2D eigenvalue weighted by molar-refractivity contribution is 5.61. The van der Waals surface area contributed by atoms with Gasteiger partial charge in [0.25, 0.3) is 0 Å². The van der Waals surface area contributed by atoms with E-state index in [1.54, 1.807) is 0 Å². The Bertz CT molecular complexity index is 531. The van der Waals surface area contributed by atoms with Gasteiger partial charge in [-0.05, 0) is 24.5 Å². The molecule has 20 heavy (non-hydrogen) atoms. The Morgan fingerprint density at radius 3 is 2.85 bits per heavy atom. The van der Waals surface area contributed by atoms with Crippen molar-refractivity contribution in [3.8, 4) is 11.4 Å². The molecule has 0 saturated carbocycles. The first-order valence-electron chi connectivity index (χ1n) is 7.61. The Balaban J connectivity index is 2.16. The first kappa shape index (κ1) is 14.6. The summed E-state index contributed by atoms with van der Waals surface area (Å²) in [5.41, 5.74) is 7.76. The highest BCUT2D eigenvalue weighted by Gasteiger charge is 2.11. The second-order valence-electron chi connectivity index (χ2n) is 5.45. The number of benzene rings is 1. The van der Waals surface area contributed by atoms with Crippen LogP contribution in [0.25, 0.3) is 11.4 Å². The summed E-state index contributed by atoms with van der Waals surface area (Å²) in [6.45, 7) is 5.57. The Morgan fingerprint density at radius 2 is 2.15 bits per heavy atom. The highest BCUT2D eigenvalue weighted by Crippen LogP contribution is 2.23. The summed E-state index contributed by atoms with van der Waals surface area (Å²) in [5, 5.41) is 0. The molecule has 2 rings (SSSR count). The maximum atomic E-state index is 5.87. The third-order valence-electron chi connectivity index (χ3n) is 3.86. The van der Waals surface area contributed by atoms with Gasteiger partial charge in [0.05, 0.1) is 0 Å². The molecule has 108 valence electrons. The Morgan fingerprint density at radius 1 is 1.30 bits per heavy atom. The summed E-state index contributed by atoms with van der Waals surface area (Å²) in [6, 6.07) is 7.96. The average Bonchev–Trinajstić information content (AvgIpc) is 2.91. The molecule has 0 aliphatic heterocycles. The molecule has 3 heteroatoms. The zero-order valence-corrected chi connectivity index (χ0v) is 12.5. The summed E-state index contributed by atoms with van der Waals surface area (Å²) >= 11 is 0. The topological polar surface area (TPSA) is 43.8 Å². The molecule has 1 heterocycles. The van der Waals surface area contributed by atoms with E-state index in [2.05, 4.69) is 35.7 Å². The lowest BCUT2D eigenvalue weighted by Crippen LogP contribution is -2.10. The lowest BCUT2D eigenvalue weighted by atomic mass is 9.99. The Labute approximate surface area is 121 Å². The van der Waals surface area contributed by atoms with Crippen molar-refractivity contribution in [2.75, 3.05) is 5.73 Å². The van der Waals surface area contributed by atoms with Crippen molar-refractivity contribution in [1.82, 2.24) is 9.55 Å². The van der Waals surface area contributed by atoms with Crippen molar-refractivity contribution in [2.24, 2.45) is 5.92 Å². The van der Waals surface area contributed by atoms with Crippen LogP contribution in [-0.2, 0) is 6.54 Å². The fourth-order valence-corrected chi connectivity index (χ4v) is 2.59. The van der Waals surface area contributed by atoms with Crippen molar-refractivity contribution in [3.63, 3.8) is 0 Å². The van der Waals surface area contributed by atoms with Gasteiger partial charge in [-0.1, -0.05) is 45.2 Å². The fraction of sp³-hybridized carbons (Fsp3) is 0.471. The Hall–Kier alpha value is -1.77. The minimum atomic E-state index is 0.726. The smallest absolute Gasteiger partial charge is 0.139 e. The molecule has 2 aromatic rings. The molecule has 0 saturated heterocycles. The predicted octanol–water partition coefficient (Wildman–Crippen LogP) is 4.35. The van der Waals surface area contributed by atoms with Gasteiger partial charge in [-0.2, -0.15) is 0 Å². The van der Waals surface area contributed by atoms with Gasteiger partial charge < -0.3 is 10.3 Å². The number of anilines is 1. The van der Waals surface area contributed by atoms with Gasteiger partial charge in [0.15, 0.2) is 0 Å². The van der Waals surface area contributed by atoms with Gasteiger partial charge in [0.2, 0.25) is 0 Å². The van der Waals surface area contributed by atoms with Crippen LogP contribution in [0.15, 0.2) is 36.7 Å². The molecular formula is C17H25N3. The highest BCUT2D eigenvalue weighted by atomic mass is 15.1. The van der Waals surface area contributed by atoms with Crippen LogP contribution in [0.2, 0.25) is 0 Å². The van der Waals surface area contributed by atoms with E-state index in [1.165, 1.54) is 25.7 Å². The van der Waals surface area contributed by atoms with E-state index >= 15 is 0 Å². The third kappa shape index (κ3) is 3.62. The molecule has 0 bridgehead atoms. The molecule has 2 N–H and O–H groups in total. The van der Waals surface area contributed by atoms with Gasteiger partial charge >= 0.3 is 0 Å². The second kappa shape index (κ2) is 7.13. The van der Waals surface area contributed by atoms with E-state index in [0.29, 0.717) is 0 Å². The van der Waals surface area contributed by atoms with Gasteiger partial charge in [-0.15, -0.1) is 0 Å². The number of hydrogen-bond donors (Lipinski definition) is 1. The van der Waals surface area contributed by atoms with Crippen LogP contribution in [0.1, 0.15) is 39.5 Å². The van der Waals surface area contributed by atoms with E-state index in [1.807, 2.05) is 24.4 Å². The van der Waals surface area contributed by atoms with Crippen molar-refractivity contribution in [3.05, 3.63) is 36.7 Å². The number of unbranched alkanes of at least 4 members (excludes halogenated alkanes) is 1. The normalized spacial score (nSPS) is 12.5. The SMILES string of the molecule is CCCCC(CC)Cn1ccnc1-c1cccc(N)c1. The largest absolute Gasteiger partial charge is 0.399 e. The third-order valence-corrected chi connectivity index (χ3v) is 3.86. The van der Waals surface area contributed by atoms with Crippen molar-refractivity contribution >= 4 is 5.69 Å². The van der Waals surface area contributed by atoms with E-state index in [0.717, 1.165) is 29.5 Å². The summed E-state index contributed by atoms with van der Waals surface area (Å²) in [4.78, 5) is 4.50. The molecular weight excluding hydrogens is 246 g/mol. The number of rotatable bonds is 7. The van der Waals surface area contributed by atoms with Crippen molar-refractivity contribution in [1.29, 1.82) is 0 Å². The summed E-state index contributed by atoms with van der Waals surface area (Å²) in [7, 11) is 0. The van der Waals surface area contributed by atoms with Gasteiger partial charge in [0.1, 0.15) is 5.82 Å². The number of hydrogen-bond acceptors (Lipinski definition) is 2. The van der Waals surface area contributed by atoms with Gasteiger partial charge in [-0.25, -0.2) is 4.98 Å². The molecule has 1 unspecified atom stereocenters. The molecule has 1 aromatic heterocycles. The molecule has 0 radical (unpaired) electrons. The zero-order valence-electron chi connectivity index (χ0n) is 12.5. The first-order chi connectivity index (χ1) is 9.74. The minimum absolute atomic E-state index is 0.726. The van der Waals surface area contributed by atoms with E-state index < -0.39 is 0 Å². The lowest BCUT2D eigenvalue weighted by molar-refractivity contribution is 0.392. The van der Waals surface area contributed by atoms with E-state index in [9.17, 15) is 0 Å². The molecule has 0 aliphatic rings. The maximum absolute atomic E-state index is 5.87. The van der Waals surface area contributed by atoms with Gasteiger partial charge in [-0.3, -0.25) is 0 Å². The number of aromatic nitrogens is 2. The van der Waals surface area contributed by atoms with Crippen LogP contribution < -0.4 is 5.73 Å². The van der Waals surface area contributed by atoms with Crippen LogP contribution in [-0.4, -0.2) is 9.55 Å². The molecule has 0 spiro atoms. The minimum Gasteiger partial charge on any atom is -0.399 e. The molecule has 0 aliphatic carbocycles. The number of nitrogens with zero attached hydrogens (tertiary/aromatic N) is 2. The lowest BCUT2D eigenvalue weighted by Gasteiger charge is -2.17. The predicted molar refractivity (Wildman–Crippen MR) is 85.4 cm³/mol. The van der Waals surface area contributed by atoms with Crippen LogP contribution in [0.4, 0.5) is 5.69 Å². The number of nitrogens with two attached hydrogens (primary N) is 1. The first-order valence-corrected chi connectivity index (χ1v) is 7.61. The van der Waals surface area contributed by atoms with E-state index in [-0.39, 0.29) is 0 Å². The zero-order chi connectivity index (χ0) is 14.4. The fourth-order valence-electron chi connectivity index (χ4n) is 2.59. The quantitative estimate of drug-likeness (QED) is 0.761. The van der Waals surface area contributed by atoms with E-state index in [4.69, 9.17) is 5.73 Å². The van der Waals surface area contributed by atoms with Crippen molar-refractivity contribution < 1.29 is 0 Å². The molecule has 1 atom stereocenters. The van der Waals surface area contributed by atoms with Crippen molar-refractivity contribution in [2.45, 2.75) is 46.1 Å². The Kier molecular flexibility index (Phi) is 5.22. The number of nitrogen functional groups attached to an aromatic ring is 1. The van der Waals surface area contributed by atoms with Gasteiger partial charge in [0, 0.05) is 30.2 Å². The maximum Gasteiger partial charge on any atom is 0.139 e. The number of imidazole rings is 1. The monoisotopic (exact) mass is 271 g/mol.